The Kier molecular flexibility index (Phi) is 10.7. The topological polar surface area (TPSA) is 60.7 Å². The van der Waals surface area contributed by atoms with Crippen LogP contribution in [0.2, 0.25) is 0 Å². The van der Waals surface area contributed by atoms with Gasteiger partial charge in [-0.2, -0.15) is 0 Å². The van der Waals surface area contributed by atoms with E-state index in [2.05, 4.69) is 6.92 Å². The van der Waals surface area contributed by atoms with E-state index >= 15 is 0 Å². The van der Waals surface area contributed by atoms with E-state index in [1.54, 1.807) is 35.3 Å². The Morgan fingerprint density at radius 3 is 1.33 bits per heavy atom. The Hall–Kier alpha value is 0.930. The van der Waals surface area contributed by atoms with Crippen LogP contribution in [-0.2, 0) is 0 Å². The van der Waals surface area contributed by atoms with E-state index in [9.17, 15) is 0 Å². The molecule has 0 aromatic carbocycles. The first kappa shape index (κ1) is 15.9. The van der Waals surface area contributed by atoms with Crippen LogP contribution in [0.5, 0.6) is 0 Å². The van der Waals surface area contributed by atoms with Crippen LogP contribution >= 0.6 is 35.3 Å². The third-order valence-corrected chi connectivity index (χ3v) is 7.14. The van der Waals surface area contributed by atoms with Crippen molar-refractivity contribution in [1.29, 1.82) is 0 Å². The molecule has 0 heterocycles. The predicted molar refractivity (Wildman–Crippen MR) is 71.7 cm³/mol. The van der Waals surface area contributed by atoms with Gasteiger partial charge in [0.1, 0.15) is 3.41 Å². The maximum atomic E-state index is 8.84. The molecule has 0 atom stereocenters. The Labute approximate surface area is 104 Å². The van der Waals surface area contributed by atoms with Crippen LogP contribution in [0.4, 0.5) is 0 Å². The molecule has 0 spiro atoms. The second kappa shape index (κ2) is 10.1. The Bertz CT molecular complexity index is 125. The maximum Gasteiger partial charge on any atom is 0.106 e. The molecular formula is C9H20O3S3. The first-order valence-electron chi connectivity index (χ1n) is 4.99. The van der Waals surface area contributed by atoms with Crippen LogP contribution < -0.4 is 0 Å². The van der Waals surface area contributed by atoms with E-state index in [1.165, 1.54) is 0 Å². The zero-order valence-electron chi connectivity index (χ0n) is 9.02. The molecule has 0 aromatic rings. The molecule has 0 bridgehead atoms. The van der Waals surface area contributed by atoms with E-state index in [-0.39, 0.29) is 23.2 Å². The summed E-state index contributed by atoms with van der Waals surface area (Å²) in [6, 6.07) is 0. The van der Waals surface area contributed by atoms with Crippen LogP contribution in [0.15, 0.2) is 0 Å². The van der Waals surface area contributed by atoms with Gasteiger partial charge in [0, 0.05) is 17.3 Å². The summed E-state index contributed by atoms with van der Waals surface area (Å²) in [7, 11) is 0. The summed E-state index contributed by atoms with van der Waals surface area (Å²) in [5.41, 5.74) is 0. The van der Waals surface area contributed by atoms with Crippen molar-refractivity contribution in [3.05, 3.63) is 0 Å². The third kappa shape index (κ3) is 6.97. The van der Waals surface area contributed by atoms with E-state index in [1.807, 2.05) is 0 Å². The minimum Gasteiger partial charge on any atom is -0.396 e. The standard InChI is InChI=1S/C9H20O3S3/c1-2-9(13-6-3-10,14-7-4-11)15-8-5-12/h10-12H,2-8H2,1H3. The normalized spacial score (nSPS) is 12.0. The maximum absolute atomic E-state index is 8.84. The second-order valence-electron chi connectivity index (χ2n) is 2.75. The zero-order valence-corrected chi connectivity index (χ0v) is 11.5. The molecule has 3 nitrogen and oxygen atoms in total. The number of aliphatic hydroxyl groups is 3. The number of hydrogen-bond acceptors (Lipinski definition) is 6. The lowest BCUT2D eigenvalue weighted by atomic mass is 10.6. The second-order valence-corrected chi connectivity index (χ2v) is 7.71. The molecule has 0 unspecified atom stereocenters. The summed E-state index contributed by atoms with van der Waals surface area (Å²) >= 11 is 5.11. The highest BCUT2D eigenvalue weighted by Crippen LogP contribution is 2.49. The lowest BCUT2D eigenvalue weighted by molar-refractivity contribution is 0.322. The molecule has 0 amide bonds. The molecule has 3 N–H and O–H groups in total. The van der Waals surface area contributed by atoms with E-state index in [0.29, 0.717) is 17.3 Å². The quantitative estimate of drug-likeness (QED) is 0.520. The van der Waals surface area contributed by atoms with Crippen molar-refractivity contribution in [3.63, 3.8) is 0 Å². The van der Waals surface area contributed by atoms with Gasteiger partial charge in [0.05, 0.1) is 19.8 Å². The highest BCUT2D eigenvalue weighted by Gasteiger charge is 2.29. The molecular weight excluding hydrogens is 252 g/mol. The van der Waals surface area contributed by atoms with E-state index in [0.717, 1.165) is 6.42 Å². The smallest absolute Gasteiger partial charge is 0.106 e. The predicted octanol–water partition coefficient (Wildman–Crippen LogP) is 1.23. The van der Waals surface area contributed by atoms with Crippen molar-refractivity contribution in [1.82, 2.24) is 0 Å². The minimum atomic E-state index is -0.0335. The van der Waals surface area contributed by atoms with Gasteiger partial charge in [-0.1, -0.05) is 6.92 Å². The molecule has 0 aromatic heterocycles. The van der Waals surface area contributed by atoms with E-state index < -0.39 is 0 Å². The Balaban J connectivity index is 4.16. The van der Waals surface area contributed by atoms with Crippen molar-refractivity contribution in [3.8, 4) is 0 Å². The van der Waals surface area contributed by atoms with Gasteiger partial charge in [-0.15, -0.1) is 35.3 Å². The van der Waals surface area contributed by atoms with Gasteiger partial charge in [-0.25, -0.2) is 0 Å². The average molecular weight is 272 g/mol. The summed E-state index contributed by atoms with van der Waals surface area (Å²) < 4.78 is -0.0335. The summed E-state index contributed by atoms with van der Waals surface area (Å²) in [5, 5.41) is 26.5. The Morgan fingerprint density at radius 2 is 1.13 bits per heavy atom. The van der Waals surface area contributed by atoms with Crippen molar-refractivity contribution in [2.75, 3.05) is 37.1 Å². The third-order valence-electron chi connectivity index (χ3n) is 1.67. The van der Waals surface area contributed by atoms with Gasteiger partial charge >= 0.3 is 0 Å². The fourth-order valence-electron chi connectivity index (χ4n) is 1.03. The molecule has 0 aliphatic heterocycles. The molecule has 92 valence electrons. The number of aliphatic hydroxyl groups excluding tert-OH is 3. The lowest BCUT2D eigenvalue weighted by Crippen LogP contribution is -2.18. The van der Waals surface area contributed by atoms with Crippen molar-refractivity contribution < 1.29 is 15.3 Å². The molecule has 0 saturated heterocycles. The van der Waals surface area contributed by atoms with Gasteiger partial charge in [0.2, 0.25) is 0 Å². The van der Waals surface area contributed by atoms with Crippen LogP contribution in [-0.4, -0.2) is 55.8 Å². The summed E-state index contributed by atoms with van der Waals surface area (Å²) in [6.07, 6.45) is 0.951. The highest BCUT2D eigenvalue weighted by atomic mass is 32.3. The van der Waals surface area contributed by atoms with Crippen molar-refractivity contribution in [2.45, 2.75) is 16.8 Å². The molecule has 0 saturated carbocycles. The fourth-order valence-corrected chi connectivity index (χ4v) is 5.35. The van der Waals surface area contributed by atoms with Crippen LogP contribution in [0.25, 0.3) is 0 Å². The SMILES string of the molecule is CCC(SCCO)(SCCO)SCCO. The lowest BCUT2D eigenvalue weighted by Gasteiger charge is -2.30. The number of thioether (sulfide) groups is 3. The minimum absolute atomic E-state index is 0.0335. The molecule has 0 aliphatic carbocycles. The van der Waals surface area contributed by atoms with Crippen LogP contribution in [0.3, 0.4) is 0 Å². The largest absolute Gasteiger partial charge is 0.396 e. The van der Waals surface area contributed by atoms with Crippen molar-refractivity contribution >= 4 is 35.3 Å². The monoisotopic (exact) mass is 272 g/mol. The number of rotatable bonds is 10. The van der Waals surface area contributed by atoms with Crippen LogP contribution in [0.1, 0.15) is 13.3 Å². The molecule has 0 fully saturated rings. The average Bonchev–Trinajstić information content (AvgIpc) is 2.29. The highest BCUT2D eigenvalue weighted by molar-refractivity contribution is 8.33. The van der Waals surface area contributed by atoms with Gasteiger partial charge < -0.3 is 15.3 Å². The van der Waals surface area contributed by atoms with Crippen molar-refractivity contribution in [2.24, 2.45) is 0 Å². The molecule has 15 heavy (non-hydrogen) atoms. The summed E-state index contributed by atoms with van der Waals surface area (Å²) in [5.74, 6) is 2.10. The van der Waals surface area contributed by atoms with Crippen LogP contribution in [0, 0.1) is 0 Å². The zero-order chi connectivity index (χ0) is 11.6. The Morgan fingerprint density at radius 1 is 0.800 bits per heavy atom. The van der Waals surface area contributed by atoms with E-state index in [4.69, 9.17) is 15.3 Å². The fraction of sp³-hybridized carbons (Fsp3) is 1.00. The molecule has 0 rings (SSSR count). The van der Waals surface area contributed by atoms with Gasteiger partial charge in [0.25, 0.3) is 0 Å². The summed E-state index contributed by atoms with van der Waals surface area (Å²) in [6.45, 7) is 2.61. The van der Waals surface area contributed by atoms with Gasteiger partial charge in [-0.05, 0) is 6.42 Å². The molecule has 0 radical (unpaired) electrons. The van der Waals surface area contributed by atoms with Gasteiger partial charge in [0.15, 0.2) is 0 Å². The van der Waals surface area contributed by atoms with Gasteiger partial charge in [-0.3, -0.25) is 0 Å². The summed E-state index contributed by atoms with van der Waals surface area (Å²) in [4.78, 5) is 0. The molecule has 6 heteroatoms. The molecule has 0 aliphatic rings. The first-order valence-corrected chi connectivity index (χ1v) is 7.94. The number of hydrogen-bond donors (Lipinski definition) is 3. The first-order chi connectivity index (χ1) is 7.24.